The summed E-state index contributed by atoms with van der Waals surface area (Å²) in [6.45, 7) is -0.338. The van der Waals surface area contributed by atoms with Crippen molar-refractivity contribution < 1.29 is 19.1 Å². The van der Waals surface area contributed by atoms with Gasteiger partial charge >= 0.3 is 0 Å². The van der Waals surface area contributed by atoms with E-state index in [9.17, 15) is 8.78 Å². The Morgan fingerprint density at radius 1 is 1.25 bits per heavy atom. The van der Waals surface area contributed by atoms with Crippen molar-refractivity contribution in [3.63, 3.8) is 0 Å². The SMILES string of the molecule is ONCc1c(F)ccc(F)c1O. The van der Waals surface area contributed by atoms with Crippen LogP contribution in [0.2, 0.25) is 0 Å². The normalized spacial score (nSPS) is 10.2. The Labute approximate surface area is 67.2 Å². The summed E-state index contributed by atoms with van der Waals surface area (Å²) >= 11 is 0. The summed E-state index contributed by atoms with van der Waals surface area (Å²) in [5.41, 5.74) is 1.33. The van der Waals surface area contributed by atoms with E-state index in [1.165, 1.54) is 0 Å². The fraction of sp³-hybridized carbons (Fsp3) is 0.143. The van der Waals surface area contributed by atoms with E-state index < -0.39 is 17.4 Å². The second-order valence-electron chi connectivity index (χ2n) is 2.19. The Morgan fingerprint density at radius 3 is 2.42 bits per heavy atom. The van der Waals surface area contributed by atoms with Crippen LogP contribution in [0.4, 0.5) is 8.78 Å². The van der Waals surface area contributed by atoms with Crippen LogP contribution >= 0.6 is 0 Å². The molecular weight excluding hydrogens is 168 g/mol. The van der Waals surface area contributed by atoms with Crippen molar-refractivity contribution in [1.82, 2.24) is 5.48 Å². The van der Waals surface area contributed by atoms with Crippen molar-refractivity contribution in [2.45, 2.75) is 6.54 Å². The van der Waals surface area contributed by atoms with Crippen LogP contribution in [0.3, 0.4) is 0 Å². The zero-order valence-electron chi connectivity index (χ0n) is 6.01. The van der Waals surface area contributed by atoms with Crippen molar-refractivity contribution in [1.29, 1.82) is 0 Å². The second kappa shape index (κ2) is 3.46. The van der Waals surface area contributed by atoms with Gasteiger partial charge in [0, 0.05) is 5.56 Å². The fourth-order valence-electron chi connectivity index (χ4n) is 0.830. The number of rotatable bonds is 2. The van der Waals surface area contributed by atoms with Crippen LogP contribution in [0.15, 0.2) is 12.1 Å². The van der Waals surface area contributed by atoms with Gasteiger partial charge in [-0.15, -0.1) is 0 Å². The molecule has 12 heavy (non-hydrogen) atoms. The highest BCUT2D eigenvalue weighted by atomic mass is 19.1. The van der Waals surface area contributed by atoms with Crippen molar-refractivity contribution in [2.24, 2.45) is 0 Å². The van der Waals surface area contributed by atoms with Crippen molar-refractivity contribution in [3.8, 4) is 5.75 Å². The van der Waals surface area contributed by atoms with Gasteiger partial charge < -0.3 is 10.3 Å². The number of phenols is 1. The maximum Gasteiger partial charge on any atom is 0.165 e. The molecule has 0 saturated carbocycles. The van der Waals surface area contributed by atoms with Crippen LogP contribution in [-0.4, -0.2) is 10.3 Å². The lowest BCUT2D eigenvalue weighted by molar-refractivity contribution is 0.158. The van der Waals surface area contributed by atoms with Crippen LogP contribution in [0.5, 0.6) is 5.75 Å². The van der Waals surface area contributed by atoms with Gasteiger partial charge in [0.05, 0.1) is 6.54 Å². The standard InChI is InChI=1S/C7H7F2NO2/c8-5-1-2-6(9)7(11)4(5)3-10-12/h1-2,10-12H,3H2. The largest absolute Gasteiger partial charge is 0.505 e. The Hall–Kier alpha value is -1.20. The number of nitrogens with one attached hydrogen (secondary N) is 1. The molecule has 3 nitrogen and oxygen atoms in total. The molecule has 0 atom stereocenters. The van der Waals surface area contributed by atoms with E-state index in [0.29, 0.717) is 0 Å². The molecule has 1 aromatic rings. The first-order valence-corrected chi connectivity index (χ1v) is 3.19. The third-order valence-electron chi connectivity index (χ3n) is 1.43. The van der Waals surface area contributed by atoms with E-state index in [1.54, 1.807) is 5.48 Å². The summed E-state index contributed by atoms with van der Waals surface area (Å²) in [6, 6.07) is 1.69. The minimum absolute atomic E-state index is 0.294. The van der Waals surface area contributed by atoms with Gasteiger partial charge in [0.1, 0.15) is 5.82 Å². The highest BCUT2D eigenvalue weighted by molar-refractivity contribution is 5.34. The lowest BCUT2D eigenvalue weighted by Gasteiger charge is -2.04. The molecule has 66 valence electrons. The maximum absolute atomic E-state index is 12.7. The first kappa shape index (κ1) is 8.89. The maximum atomic E-state index is 12.7. The molecule has 0 radical (unpaired) electrons. The molecule has 3 N–H and O–H groups in total. The van der Waals surface area contributed by atoms with Crippen molar-refractivity contribution >= 4 is 0 Å². The molecule has 0 fully saturated rings. The van der Waals surface area contributed by atoms with Gasteiger partial charge in [0.2, 0.25) is 0 Å². The number of halogens is 2. The molecule has 0 bridgehead atoms. The molecule has 0 aliphatic carbocycles. The summed E-state index contributed by atoms with van der Waals surface area (Å²) in [6.07, 6.45) is 0. The minimum atomic E-state index is -0.915. The van der Waals surface area contributed by atoms with Gasteiger partial charge in [-0.1, -0.05) is 0 Å². The van der Waals surface area contributed by atoms with Crippen molar-refractivity contribution in [3.05, 3.63) is 29.3 Å². The molecule has 0 aromatic heterocycles. The molecule has 1 rings (SSSR count). The highest BCUT2D eigenvalue weighted by Gasteiger charge is 2.11. The quantitative estimate of drug-likeness (QED) is 0.591. The Balaban J connectivity index is 3.14. The van der Waals surface area contributed by atoms with E-state index in [4.69, 9.17) is 10.3 Å². The Kier molecular flexibility index (Phi) is 2.57. The summed E-state index contributed by atoms with van der Waals surface area (Å²) in [7, 11) is 0. The van der Waals surface area contributed by atoms with E-state index in [-0.39, 0.29) is 12.1 Å². The number of phenolic OH excluding ortho intramolecular Hbond substituents is 1. The average Bonchev–Trinajstić information content (AvgIpc) is 2.06. The van der Waals surface area contributed by atoms with Gasteiger partial charge in [0.15, 0.2) is 11.6 Å². The summed E-state index contributed by atoms with van der Waals surface area (Å²) in [5, 5.41) is 17.2. The average molecular weight is 175 g/mol. The topological polar surface area (TPSA) is 52.5 Å². The molecule has 0 spiro atoms. The molecule has 0 amide bonds. The van der Waals surface area contributed by atoms with E-state index in [2.05, 4.69) is 0 Å². The van der Waals surface area contributed by atoms with Gasteiger partial charge in [-0.25, -0.2) is 14.3 Å². The predicted octanol–water partition coefficient (Wildman–Crippen LogP) is 1.15. The van der Waals surface area contributed by atoms with Gasteiger partial charge in [-0.05, 0) is 12.1 Å². The number of hydrogen-bond donors (Lipinski definition) is 3. The molecule has 0 saturated heterocycles. The highest BCUT2D eigenvalue weighted by Crippen LogP contribution is 2.23. The monoisotopic (exact) mass is 175 g/mol. The smallest absolute Gasteiger partial charge is 0.165 e. The first-order chi connectivity index (χ1) is 5.66. The molecule has 0 aliphatic heterocycles. The van der Waals surface area contributed by atoms with Crippen LogP contribution in [0.1, 0.15) is 5.56 Å². The molecule has 0 aliphatic rings. The molecule has 0 unspecified atom stereocenters. The van der Waals surface area contributed by atoms with E-state index in [0.717, 1.165) is 12.1 Å². The third-order valence-corrected chi connectivity index (χ3v) is 1.43. The molecule has 1 aromatic carbocycles. The minimum Gasteiger partial charge on any atom is -0.505 e. The molecule has 5 heteroatoms. The second-order valence-corrected chi connectivity index (χ2v) is 2.19. The van der Waals surface area contributed by atoms with Gasteiger partial charge in [-0.2, -0.15) is 0 Å². The van der Waals surface area contributed by atoms with Crippen LogP contribution in [0, 0.1) is 11.6 Å². The van der Waals surface area contributed by atoms with Crippen LogP contribution < -0.4 is 5.48 Å². The van der Waals surface area contributed by atoms with Gasteiger partial charge in [0.25, 0.3) is 0 Å². The number of hydrogen-bond acceptors (Lipinski definition) is 3. The number of aromatic hydroxyl groups is 1. The number of benzene rings is 1. The third kappa shape index (κ3) is 1.51. The zero-order valence-corrected chi connectivity index (χ0v) is 6.01. The van der Waals surface area contributed by atoms with E-state index in [1.807, 2.05) is 0 Å². The van der Waals surface area contributed by atoms with Crippen LogP contribution in [0.25, 0.3) is 0 Å². The fourth-order valence-corrected chi connectivity index (χ4v) is 0.830. The molecular formula is C7H7F2NO2. The Morgan fingerprint density at radius 2 is 1.83 bits per heavy atom. The first-order valence-electron chi connectivity index (χ1n) is 3.19. The zero-order chi connectivity index (χ0) is 9.14. The van der Waals surface area contributed by atoms with Gasteiger partial charge in [-0.3, -0.25) is 0 Å². The Bertz CT molecular complexity index is 291. The molecule has 0 heterocycles. The summed E-state index contributed by atoms with van der Waals surface area (Å²) in [4.78, 5) is 0. The number of hydroxylamine groups is 1. The van der Waals surface area contributed by atoms with E-state index >= 15 is 0 Å². The summed E-state index contributed by atoms with van der Waals surface area (Å²) in [5.74, 6) is -2.46. The lowest BCUT2D eigenvalue weighted by atomic mass is 10.2. The van der Waals surface area contributed by atoms with Crippen LogP contribution in [-0.2, 0) is 6.54 Å². The van der Waals surface area contributed by atoms with Crippen molar-refractivity contribution in [2.75, 3.05) is 0 Å². The summed E-state index contributed by atoms with van der Waals surface area (Å²) < 4.78 is 25.3. The lowest BCUT2D eigenvalue weighted by Crippen LogP contribution is -2.08. The predicted molar refractivity (Wildman–Crippen MR) is 36.6 cm³/mol.